The number of rotatable bonds is 5. The Labute approximate surface area is 150 Å². The van der Waals surface area contributed by atoms with Crippen molar-refractivity contribution in [3.05, 3.63) is 64.0 Å². The van der Waals surface area contributed by atoms with E-state index in [1.807, 2.05) is 54.0 Å². The molecule has 0 aliphatic carbocycles. The molecule has 2 aromatic heterocycles. The molecule has 0 unspecified atom stereocenters. The standard InChI is InChI=1S/C19H19N3O2S/c1-13-18(14(2)24)25-19(22(13)10-11-23)21-17-9-8-16(12-20-17)15-6-4-3-5-7-15/h3-9,12,23H,10-11H2,1-2H3/b21-19-. The molecule has 25 heavy (non-hydrogen) atoms. The van der Waals surface area contributed by atoms with Crippen LogP contribution in [0.2, 0.25) is 0 Å². The van der Waals surface area contributed by atoms with E-state index < -0.39 is 0 Å². The zero-order valence-corrected chi connectivity index (χ0v) is 15.0. The molecule has 0 atom stereocenters. The maximum Gasteiger partial charge on any atom is 0.192 e. The second kappa shape index (κ2) is 7.55. The van der Waals surface area contributed by atoms with Gasteiger partial charge in [0.1, 0.15) is 0 Å². The summed E-state index contributed by atoms with van der Waals surface area (Å²) >= 11 is 1.33. The Morgan fingerprint density at radius 2 is 1.96 bits per heavy atom. The number of hydrogen-bond acceptors (Lipinski definition) is 5. The minimum Gasteiger partial charge on any atom is -0.395 e. The van der Waals surface area contributed by atoms with Gasteiger partial charge < -0.3 is 9.67 Å². The van der Waals surface area contributed by atoms with Crippen LogP contribution in [-0.4, -0.2) is 27.0 Å². The summed E-state index contributed by atoms with van der Waals surface area (Å²) in [5.41, 5.74) is 2.95. The van der Waals surface area contributed by atoms with Crippen molar-refractivity contribution in [1.29, 1.82) is 0 Å². The predicted molar refractivity (Wildman–Crippen MR) is 99.0 cm³/mol. The van der Waals surface area contributed by atoms with Crippen LogP contribution in [0.4, 0.5) is 5.82 Å². The number of carbonyl (C=O) groups excluding carboxylic acids is 1. The number of aliphatic hydroxyl groups excluding tert-OH is 1. The number of ketones is 1. The maximum absolute atomic E-state index is 11.8. The van der Waals surface area contributed by atoms with Gasteiger partial charge in [-0.05, 0) is 24.6 Å². The van der Waals surface area contributed by atoms with E-state index in [1.165, 1.54) is 11.3 Å². The zero-order valence-electron chi connectivity index (χ0n) is 14.1. The second-order valence-electron chi connectivity index (χ2n) is 5.61. The SMILES string of the molecule is CC(=O)c1s/c(=N\c2ccc(-c3ccccc3)cn2)n(CCO)c1C. The van der Waals surface area contributed by atoms with Crippen LogP contribution >= 0.6 is 11.3 Å². The number of Topliss-reactive ketones (excluding diaryl/α,β-unsaturated/α-hetero) is 1. The molecule has 128 valence electrons. The van der Waals surface area contributed by atoms with E-state index in [9.17, 15) is 9.90 Å². The molecule has 3 rings (SSSR count). The molecule has 0 saturated carbocycles. The lowest BCUT2D eigenvalue weighted by Crippen LogP contribution is -2.18. The molecule has 0 fully saturated rings. The van der Waals surface area contributed by atoms with Crippen LogP contribution in [-0.2, 0) is 6.54 Å². The summed E-state index contributed by atoms with van der Waals surface area (Å²) in [6.07, 6.45) is 1.79. The molecule has 0 radical (unpaired) electrons. The molecule has 0 aliphatic rings. The number of hydrogen-bond donors (Lipinski definition) is 1. The fourth-order valence-corrected chi connectivity index (χ4v) is 3.67. The van der Waals surface area contributed by atoms with Gasteiger partial charge in [0.05, 0.1) is 11.5 Å². The third kappa shape index (κ3) is 3.75. The molecular formula is C19H19N3O2S. The summed E-state index contributed by atoms with van der Waals surface area (Å²) in [4.78, 5) is 22.1. The number of thiazole rings is 1. The summed E-state index contributed by atoms with van der Waals surface area (Å²) in [7, 11) is 0. The van der Waals surface area contributed by atoms with E-state index in [1.54, 1.807) is 13.1 Å². The lowest BCUT2D eigenvalue weighted by atomic mass is 10.1. The van der Waals surface area contributed by atoms with Crippen molar-refractivity contribution in [2.24, 2.45) is 4.99 Å². The third-order valence-corrected chi connectivity index (χ3v) is 5.15. The van der Waals surface area contributed by atoms with Gasteiger partial charge in [-0.25, -0.2) is 9.98 Å². The fraction of sp³-hybridized carbons (Fsp3) is 0.211. The Morgan fingerprint density at radius 1 is 1.20 bits per heavy atom. The highest BCUT2D eigenvalue weighted by atomic mass is 32.1. The van der Waals surface area contributed by atoms with E-state index in [4.69, 9.17) is 0 Å². The Hall–Kier alpha value is -2.57. The minimum absolute atomic E-state index is 0.00280. The van der Waals surface area contributed by atoms with Crippen LogP contribution in [0.1, 0.15) is 22.3 Å². The molecule has 0 spiro atoms. The van der Waals surface area contributed by atoms with Crippen molar-refractivity contribution in [1.82, 2.24) is 9.55 Å². The average Bonchev–Trinajstić information content (AvgIpc) is 2.93. The van der Waals surface area contributed by atoms with Crippen molar-refractivity contribution in [3.8, 4) is 11.1 Å². The summed E-state index contributed by atoms with van der Waals surface area (Å²) < 4.78 is 1.86. The average molecular weight is 353 g/mol. The quantitative estimate of drug-likeness (QED) is 0.715. The van der Waals surface area contributed by atoms with Gasteiger partial charge in [0.25, 0.3) is 0 Å². The first kappa shape index (κ1) is 17.3. The first-order valence-electron chi connectivity index (χ1n) is 7.98. The van der Waals surface area contributed by atoms with Gasteiger partial charge in [-0.15, -0.1) is 0 Å². The van der Waals surface area contributed by atoms with Crippen LogP contribution in [0.25, 0.3) is 11.1 Å². The monoisotopic (exact) mass is 353 g/mol. The van der Waals surface area contributed by atoms with Crippen LogP contribution in [0.3, 0.4) is 0 Å². The molecule has 1 aromatic carbocycles. The largest absolute Gasteiger partial charge is 0.395 e. The summed E-state index contributed by atoms with van der Waals surface area (Å²) in [6, 6.07) is 13.9. The first-order chi connectivity index (χ1) is 12.1. The Bertz CT molecular complexity index is 941. The number of pyridine rings is 1. The van der Waals surface area contributed by atoms with E-state index in [2.05, 4.69) is 9.98 Å². The molecule has 1 N–H and O–H groups in total. The number of nitrogens with zero attached hydrogens (tertiary/aromatic N) is 3. The van der Waals surface area contributed by atoms with Gasteiger partial charge >= 0.3 is 0 Å². The van der Waals surface area contributed by atoms with Gasteiger partial charge in [0.15, 0.2) is 16.4 Å². The highest BCUT2D eigenvalue weighted by molar-refractivity contribution is 7.11. The van der Waals surface area contributed by atoms with E-state index in [-0.39, 0.29) is 12.4 Å². The summed E-state index contributed by atoms with van der Waals surface area (Å²) in [5.74, 6) is 0.575. The maximum atomic E-state index is 11.8. The molecule has 2 heterocycles. The predicted octanol–water partition coefficient (Wildman–Crippen LogP) is 3.35. The highest BCUT2D eigenvalue weighted by Crippen LogP contribution is 2.20. The molecule has 0 amide bonds. The van der Waals surface area contributed by atoms with Crippen LogP contribution in [0.15, 0.2) is 53.7 Å². The van der Waals surface area contributed by atoms with Crippen molar-refractivity contribution in [3.63, 3.8) is 0 Å². The lowest BCUT2D eigenvalue weighted by molar-refractivity contribution is 0.102. The van der Waals surface area contributed by atoms with Gasteiger partial charge in [0.2, 0.25) is 0 Å². The zero-order chi connectivity index (χ0) is 17.8. The molecule has 0 saturated heterocycles. The topological polar surface area (TPSA) is 67.5 Å². The van der Waals surface area contributed by atoms with Crippen molar-refractivity contribution < 1.29 is 9.90 Å². The molecular weight excluding hydrogens is 334 g/mol. The van der Waals surface area contributed by atoms with Crippen molar-refractivity contribution >= 4 is 22.9 Å². The molecule has 3 aromatic rings. The summed E-state index contributed by atoms with van der Waals surface area (Å²) in [5, 5.41) is 9.29. The van der Waals surface area contributed by atoms with Crippen molar-refractivity contribution in [2.75, 3.05) is 6.61 Å². The lowest BCUT2D eigenvalue weighted by Gasteiger charge is -2.04. The fourth-order valence-electron chi connectivity index (χ4n) is 2.61. The smallest absolute Gasteiger partial charge is 0.192 e. The molecule has 0 bridgehead atoms. The highest BCUT2D eigenvalue weighted by Gasteiger charge is 2.13. The van der Waals surface area contributed by atoms with Gasteiger partial charge in [0, 0.05) is 30.9 Å². The Morgan fingerprint density at radius 3 is 2.56 bits per heavy atom. The molecule has 6 heteroatoms. The summed E-state index contributed by atoms with van der Waals surface area (Å²) in [6.45, 7) is 3.80. The van der Waals surface area contributed by atoms with Gasteiger partial charge in [-0.1, -0.05) is 41.7 Å². The number of aromatic nitrogens is 2. The van der Waals surface area contributed by atoms with Gasteiger partial charge in [-0.2, -0.15) is 0 Å². The van der Waals surface area contributed by atoms with E-state index in [0.717, 1.165) is 16.8 Å². The number of benzene rings is 1. The number of carbonyl (C=O) groups is 1. The second-order valence-corrected chi connectivity index (χ2v) is 6.59. The van der Waals surface area contributed by atoms with Crippen LogP contribution in [0.5, 0.6) is 0 Å². The van der Waals surface area contributed by atoms with E-state index in [0.29, 0.717) is 22.0 Å². The minimum atomic E-state index is -0.0114. The molecule has 5 nitrogen and oxygen atoms in total. The van der Waals surface area contributed by atoms with Crippen molar-refractivity contribution in [2.45, 2.75) is 20.4 Å². The molecule has 0 aliphatic heterocycles. The normalized spacial score (nSPS) is 11.7. The van der Waals surface area contributed by atoms with Crippen LogP contribution in [0, 0.1) is 6.92 Å². The first-order valence-corrected chi connectivity index (χ1v) is 8.80. The van der Waals surface area contributed by atoms with Crippen LogP contribution < -0.4 is 4.80 Å². The Balaban J connectivity index is 2.00. The van der Waals surface area contributed by atoms with E-state index >= 15 is 0 Å². The van der Waals surface area contributed by atoms with Gasteiger partial charge in [-0.3, -0.25) is 4.79 Å². The third-order valence-electron chi connectivity index (χ3n) is 3.87. The number of aliphatic hydroxyl groups is 1. The Kier molecular flexibility index (Phi) is 5.21.